The number of aromatic nitrogens is 2. The van der Waals surface area contributed by atoms with Gasteiger partial charge in [0.25, 0.3) is 0 Å². The van der Waals surface area contributed by atoms with E-state index in [0.717, 1.165) is 25.8 Å². The van der Waals surface area contributed by atoms with Crippen molar-refractivity contribution in [3.63, 3.8) is 0 Å². The van der Waals surface area contributed by atoms with E-state index >= 15 is 0 Å². The van der Waals surface area contributed by atoms with Crippen molar-refractivity contribution in [1.82, 2.24) is 9.78 Å². The lowest BCUT2D eigenvalue weighted by atomic mass is 10.1. The number of hydrogen-bond donors (Lipinski definition) is 1. The topological polar surface area (TPSA) is 33.1 Å². The summed E-state index contributed by atoms with van der Waals surface area (Å²) in [4.78, 5) is 2.36. The average Bonchev–Trinajstić information content (AvgIpc) is 2.58. The van der Waals surface area contributed by atoms with E-state index in [2.05, 4.69) is 36.2 Å². The second kappa shape index (κ2) is 4.36. The van der Waals surface area contributed by atoms with Crippen LogP contribution >= 0.6 is 0 Å². The molecule has 0 radical (unpaired) electrons. The summed E-state index contributed by atoms with van der Waals surface area (Å²) in [6, 6.07) is 0.581. The Hall–Kier alpha value is -1.19. The standard InChI is InChI=1S/C12H22N4/c1-5-7-10-11-12(16(4)14-10)15(3)9(6-2)8-13-11/h9,13H,5-8H2,1-4H3. The molecular formula is C12H22N4. The van der Waals surface area contributed by atoms with Crippen LogP contribution in [-0.4, -0.2) is 29.4 Å². The van der Waals surface area contributed by atoms with Crippen LogP contribution in [0.1, 0.15) is 32.4 Å². The molecule has 0 saturated heterocycles. The highest BCUT2D eigenvalue weighted by Gasteiger charge is 2.27. The Morgan fingerprint density at radius 3 is 2.75 bits per heavy atom. The number of aryl methyl sites for hydroxylation is 2. The highest BCUT2D eigenvalue weighted by atomic mass is 15.4. The lowest BCUT2D eigenvalue weighted by molar-refractivity contribution is 0.598. The van der Waals surface area contributed by atoms with Crippen LogP contribution in [0.4, 0.5) is 11.5 Å². The molecular weight excluding hydrogens is 200 g/mol. The van der Waals surface area contributed by atoms with Crippen molar-refractivity contribution >= 4 is 11.5 Å². The molecule has 1 aromatic rings. The summed E-state index contributed by atoms with van der Waals surface area (Å²) in [5.41, 5.74) is 2.46. The fraction of sp³-hybridized carbons (Fsp3) is 0.750. The van der Waals surface area contributed by atoms with Crippen molar-refractivity contribution in [2.75, 3.05) is 23.8 Å². The van der Waals surface area contributed by atoms with Crippen LogP contribution in [0.15, 0.2) is 0 Å². The van der Waals surface area contributed by atoms with Gasteiger partial charge in [-0.2, -0.15) is 5.10 Å². The molecule has 16 heavy (non-hydrogen) atoms. The summed E-state index contributed by atoms with van der Waals surface area (Å²) in [5, 5.41) is 8.16. The van der Waals surface area contributed by atoms with Crippen LogP contribution in [0.5, 0.6) is 0 Å². The first-order chi connectivity index (χ1) is 7.69. The fourth-order valence-electron chi connectivity index (χ4n) is 2.51. The molecule has 0 aromatic carbocycles. The van der Waals surface area contributed by atoms with E-state index in [4.69, 9.17) is 0 Å². The number of hydrogen-bond acceptors (Lipinski definition) is 3. The first kappa shape index (κ1) is 11.3. The van der Waals surface area contributed by atoms with Gasteiger partial charge in [-0.25, -0.2) is 0 Å². The molecule has 2 heterocycles. The van der Waals surface area contributed by atoms with Gasteiger partial charge in [0, 0.05) is 26.7 Å². The monoisotopic (exact) mass is 222 g/mol. The van der Waals surface area contributed by atoms with Crippen LogP contribution in [0.25, 0.3) is 0 Å². The maximum Gasteiger partial charge on any atom is 0.150 e. The van der Waals surface area contributed by atoms with Gasteiger partial charge in [0.2, 0.25) is 0 Å². The van der Waals surface area contributed by atoms with Crippen LogP contribution in [0.3, 0.4) is 0 Å². The smallest absolute Gasteiger partial charge is 0.150 e. The molecule has 1 unspecified atom stereocenters. The van der Waals surface area contributed by atoms with Gasteiger partial charge in [-0.05, 0) is 12.8 Å². The minimum absolute atomic E-state index is 0.581. The molecule has 2 rings (SSSR count). The Balaban J connectivity index is 2.37. The van der Waals surface area contributed by atoms with Crippen molar-refractivity contribution in [2.24, 2.45) is 7.05 Å². The minimum atomic E-state index is 0.581. The third-order valence-corrected chi connectivity index (χ3v) is 3.44. The highest BCUT2D eigenvalue weighted by Crippen LogP contribution is 2.34. The Morgan fingerprint density at radius 1 is 1.38 bits per heavy atom. The predicted octanol–water partition coefficient (Wildman–Crippen LogP) is 2.01. The fourth-order valence-corrected chi connectivity index (χ4v) is 2.51. The summed E-state index contributed by atoms with van der Waals surface area (Å²) in [5.74, 6) is 1.24. The van der Waals surface area contributed by atoms with E-state index in [0.29, 0.717) is 6.04 Å². The number of anilines is 2. The molecule has 0 fully saturated rings. The largest absolute Gasteiger partial charge is 0.378 e. The van der Waals surface area contributed by atoms with Crippen LogP contribution in [0.2, 0.25) is 0 Å². The molecule has 0 bridgehead atoms. The zero-order valence-corrected chi connectivity index (χ0v) is 10.7. The van der Waals surface area contributed by atoms with Gasteiger partial charge >= 0.3 is 0 Å². The number of nitrogens with zero attached hydrogens (tertiary/aromatic N) is 3. The van der Waals surface area contributed by atoms with Gasteiger partial charge in [0.05, 0.1) is 5.69 Å². The zero-order chi connectivity index (χ0) is 11.7. The Morgan fingerprint density at radius 2 is 2.12 bits per heavy atom. The molecule has 0 spiro atoms. The third kappa shape index (κ3) is 1.66. The van der Waals surface area contributed by atoms with E-state index in [1.54, 1.807) is 0 Å². The van der Waals surface area contributed by atoms with Gasteiger partial charge < -0.3 is 10.2 Å². The van der Waals surface area contributed by atoms with Gasteiger partial charge in [0.15, 0.2) is 5.82 Å². The molecule has 1 aliphatic heterocycles. The van der Waals surface area contributed by atoms with Gasteiger partial charge in [-0.15, -0.1) is 0 Å². The minimum Gasteiger partial charge on any atom is -0.378 e. The summed E-state index contributed by atoms with van der Waals surface area (Å²) in [6.45, 7) is 5.46. The van der Waals surface area contributed by atoms with E-state index in [1.807, 2.05) is 11.7 Å². The molecule has 1 N–H and O–H groups in total. The van der Waals surface area contributed by atoms with Gasteiger partial charge in [0.1, 0.15) is 5.69 Å². The number of rotatable bonds is 3. The van der Waals surface area contributed by atoms with Gasteiger partial charge in [-0.3, -0.25) is 4.68 Å². The molecule has 1 aromatic heterocycles. The molecule has 0 amide bonds. The second-order valence-electron chi connectivity index (χ2n) is 4.57. The average molecular weight is 222 g/mol. The quantitative estimate of drug-likeness (QED) is 0.849. The molecule has 4 heteroatoms. The first-order valence-electron chi connectivity index (χ1n) is 6.21. The van der Waals surface area contributed by atoms with E-state index < -0.39 is 0 Å². The summed E-state index contributed by atoms with van der Waals surface area (Å²) in [7, 11) is 4.21. The van der Waals surface area contributed by atoms with Crippen molar-refractivity contribution in [1.29, 1.82) is 0 Å². The maximum atomic E-state index is 4.61. The maximum absolute atomic E-state index is 4.61. The molecule has 1 atom stereocenters. The lowest BCUT2D eigenvalue weighted by Gasteiger charge is -2.34. The summed E-state index contributed by atoms with van der Waals surface area (Å²) >= 11 is 0. The number of fused-ring (bicyclic) bond motifs is 1. The van der Waals surface area contributed by atoms with Crippen molar-refractivity contribution in [3.8, 4) is 0 Å². The number of nitrogens with one attached hydrogen (secondary N) is 1. The van der Waals surface area contributed by atoms with Crippen molar-refractivity contribution in [2.45, 2.75) is 39.2 Å². The Kier molecular flexibility index (Phi) is 3.08. The number of likely N-dealkylation sites (N-methyl/N-ethyl adjacent to an activating group) is 1. The summed E-state index contributed by atoms with van der Waals surface area (Å²) in [6.07, 6.45) is 3.37. The SMILES string of the molecule is CCCc1nn(C)c2c1NCC(CC)N2C. The van der Waals surface area contributed by atoms with Crippen molar-refractivity contribution in [3.05, 3.63) is 5.69 Å². The van der Waals surface area contributed by atoms with Crippen LogP contribution in [-0.2, 0) is 13.5 Å². The lowest BCUT2D eigenvalue weighted by Crippen LogP contribution is -2.41. The van der Waals surface area contributed by atoms with Gasteiger partial charge in [-0.1, -0.05) is 20.3 Å². The molecule has 0 saturated carbocycles. The zero-order valence-electron chi connectivity index (χ0n) is 10.7. The Bertz CT molecular complexity index is 369. The molecule has 0 aliphatic carbocycles. The second-order valence-corrected chi connectivity index (χ2v) is 4.57. The molecule has 4 nitrogen and oxygen atoms in total. The predicted molar refractivity (Wildman–Crippen MR) is 68.2 cm³/mol. The van der Waals surface area contributed by atoms with E-state index in [1.165, 1.54) is 17.2 Å². The Labute approximate surface area is 97.6 Å². The first-order valence-corrected chi connectivity index (χ1v) is 6.21. The third-order valence-electron chi connectivity index (χ3n) is 3.44. The van der Waals surface area contributed by atoms with Crippen LogP contribution < -0.4 is 10.2 Å². The van der Waals surface area contributed by atoms with E-state index in [-0.39, 0.29) is 0 Å². The molecule has 90 valence electrons. The van der Waals surface area contributed by atoms with E-state index in [9.17, 15) is 0 Å². The molecule has 1 aliphatic rings. The van der Waals surface area contributed by atoms with Crippen LogP contribution in [0, 0.1) is 0 Å². The van der Waals surface area contributed by atoms with Crippen molar-refractivity contribution < 1.29 is 0 Å². The summed E-state index contributed by atoms with van der Waals surface area (Å²) < 4.78 is 2.01. The normalized spacial score (nSPS) is 19.5. The highest BCUT2D eigenvalue weighted by molar-refractivity contribution is 5.71.